The number of nitrogens with one attached hydrogen (secondary N) is 1. The van der Waals surface area contributed by atoms with Gasteiger partial charge in [-0.2, -0.15) is 4.98 Å². The van der Waals surface area contributed by atoms with E-state index in [-0.39, 0.29) is 17.1 Å². The quantitative estimate of drug-likeness (QED) is 0.226. The molecule has 1 saturated heterocycles. The summed E-state index contributed by atoms with van der Waals surface area (Å²) in [6.45, 7) is -1.14. The van der Waals surface area contributed by atoms with Crippen molar-refractivity contribution >= 4 is 17.1 Å². The zero-order valence-corrected chi connectivity index (χ0v) is 13.8. The van der Waals surface area contributed by atoms with Gasteiger partial charge in [0, 0.05) is 13.0 Å². The number of H-pyrrole nitrogens is 1. The first-order chi connectivity index (χ1) is 12.5. The number of ether oxygens (including phenoxy) is 1. The fourth-order valence-electron chi connectivity index (χ4n) is 2.99. The van der Waals surface area contributed by atoms with Gasteiger partial charge in [0.1, 0.15) is 18.3 Å². The Morgan fingerprint density at radius 2 is 1.89 bits per heavy atom. The topological polar surface area (TPSA) is 229 Å². The van der Waals surface area contributed by atoms with Gasteiger partial charge in [-0.1, -0.05) is 0 Å². The second-order valence-corrected chi connectivity index (χ2v) is 6.18. The van der Waals surface area contributed by atoms with Crippen molar-refractivity contribution in [2.45, 2.75) is 43.5 Å². The van der Waals surface area contributed by atoms with Crippen LogP contribution in [0.2, 0.25) is 0 Å². The first-order valence-electron chi connectivity index (χ1n) is 7.85. The molecule has 2 aromatic heterocycles. The van der Waals surface area contributed by atoms with Gasteiger partial charge >= 0.3 is 5.69 Å². The molecule has 4 atom stereocenters. The summed E-state index contributed by atoms with van der Waals surface area (Å²) in [6, 6.07) is 0. The smallest absolute Gasteiger partial charge is 0.332 e. The van der Waals surface area contributed by atoms with Crippen LogP contribution in [0.4, 0.5) is 5.95 Å². The van der Waals surface area contributed by atoms with Crippen molar-refractivity contribution < 1.29 is 35.4 Å². The van der Waals surface area contributed by atoms with E-state index < -0.39 is 61.3 Å². The van der Waals surface area contributed by atoms with Crippen LogP contribution in [-0.4, -0.2) is 80.6 Å². The molecule has 14 heteroatoms. The Kier molecular flexibility index (Phi) is 4.81. The third kappa shape index (κ3) is 3.34. The molecule has 0 aliphatic carbocycles. The maximum absolute atomic E-state index is 12.8. The number of aliphatic hydroxyl groups excluding tert-OH is 3. The first-order valence-corrected chi connectivity index (χ1v) is 7.85. The van der Waals surface area contributed by atoms with Crippen molar-refractivity contribution in [1.29, 1.82) is 0 Å². The maximum Gasteiger partial charge on any atom is 0.332 e. The fraction of sp³-hybridized carbons (Fsp3) is 0.615. The molecular formula is C13H19N5O9. The lowest BCUT2D eigenvalue weighted by atomic mass is 10.1. The van der Waals surface area contributed by atoms with Crippen molar-refractivity contribution in [1.82, 2.24) is 19.1 Å². The molecule has 150 valence electrons. The Bertz CT molecular complexity index is 958. The summed E-state index contributed by atoms with van der Waals surface area (Å²) in [6.07, 6.45) is -6.55. The van der Waals surface area contributed by atoms with Crippen LogP contribution >= 0.6 is 0 Å². The number of anilines is 1. The third-order valence-corrected chi connectivity index (χ3v) is 4.27. The number of rotatable bonds is 5. The highest BCUT2D eigenvalue weighted by molar-refractivity contribution is 5.71. The van der Waals surface area contributed by atoms with Gasteiger partial charge in [0.2, 0.25) is 5.95 Å². The van der Waals surface area contributed by atoms with Gasteiger partial charge in [-0.3, -0.25) is 14.3 Å². The Morgan fingerprint density at radius 1 is 1.22 bits per heavy atom. The van der Waals surface area contributed by atoms with E-state index >= 15 is 0 Å². The minimum Gasteiger partial charge on any atom is -0.394 e. The lowest BCUT2D eigenvalue weighted by Crippen LogP contribution is -2.37. The average molecular weight is 389 g/mol. The van der Waals surface area contributed by atoms with Gasteiger partial charge in [0.05, 0.1) is 6.61 Å². The molecule has 3 rings (SSSR count). The lowest BCUT2D eigenvalue weighted by molar-refractivity contribution is -0.315. The van der Waals surface area contributed by atoms with Crippen LogP contribution in [0.15, 0.2) is 9.59 Å². The van der Waals surface area contributed by atoms with Gasteiger partial charge in [0.25, 0.3) is 11.5 Å². The summed E-state index contributed by atoms with van der Waals surface area (Å²) in [5, 5.41) is 56.5. The molecule has 9 N–H and O–H groups in total. The van der Waals surface area contributed by atoms with Gasteiger partial charge in [0.15, 0.2) is 17.4 Å². The predicted molar refractivity (Wildman–Crippen MR) is 86.0 cm³/mol. The highest BCUT2D eigenvalue weighted by Gasteiger charge is 2.45. The Labute approximate surface area is 149 Å². The number of fused-ring (bicyclic) bond motifs is 1. The number of aromatic amines is 1. The van der Waals surface area contributed by atoms with Gasteiger partial charge < -0.3 is 41.1 Å². The number of aliphatic hydroxyl groups is 6. The molecule has 1 aliphatic heterocycles. The van der Waals surface area contributed by atoms with E-state index in [9.17, 15) is 24.9 Å². The van der Waals surface area contributed by atoms with Crippen LogP contribution < -0.4 is 17.0 Å². The maximum atomic E-state index is 12.8. The SMILES string of the molecule is Nc1nc2c(c(=O)[nH]1)n(CCC(O)(O)O)c(=O)n2C1OC(CO)C(O)C1O. The number of hydrogen-bond acceptors (Lipinski definition) is 11. The Morgan fingerprint density at radius 3 is 2.44 bits per heavy atom. The molecule has 4 unspecified atom stereocenters. The van der Waals surface area contributed by atoms with Gasteiger partial charge in [-0.25, -0.2) is 9.36 Å². The number of hydrogen-bond donors (Lipinski definition) is 8. The number of aromatic nitrogens is 4. The summed E-state index contributed by atoms with van der Waals surface area (Å²) in [7, 11) is 0. The van der Waals surface area contributed by atoms with Crippen molar-refractivity contribution in [2.24, 2.45) is 0 Å². The molecule has 0 bridgehead atoms. The summed E-state index contributed by atoms with van der Waals surface area (Å²) in [5.74, 6) is -3.44. The van der Waals surface area contributed by atoms with E-state index in [1.165, 1.54) is 0 Å². The molecule has 0 aromatic carbocycles. The lowest BCUT2D eigenvalue weighted by Gasteiger charge is -2.16. The van der Waals surface area contributed by atoms with Crippen LogP contribution in [0.3, 0.4) is 0 Å². The predicted octanol–water partition coefficient (Wildman–Crippen LogP) is -4.90. The second-order valence-electron chi connectivity index (χ2n) is 6.18. The molecule has 1 aliphatic rings. The van der Waals surface area contributed by atoms with Crippen molar-refractivity contribution in [2.75, 3.05) is 12.3 Å². The molecule has 0 spiro atoms. The second kappa shape index (κ2) is 6.68. The van der Waals surface area contributed by atoms with E-state index in [1.807, 2.05) is 0 Å². The summed E-state index contributed by atoms with van der Waals surface area (Å²) in [4.78, 5) is 31.1. The van der Waals surface area contributed by atoms with Crippen molar-refractivity contribution in [3.8, 4) is 0 Å². The molecular weight excluding hydrogens is 370 g/mol. The highest BCUT2D eigenvalue weighted by atomic mass is 16.7. The monoisotopic (exact) mass is 389 g/mol. The number of imidazole rings is 1. The minimum atomic E-state index is -3.09. The average Bonchev–Trinajstić information content (AvgIpc) is 2.99. The van der Waals surface area contributed by atoms with Crippen molar-refractivity contribution in [3.05, 3.63) is 20.8 Å². The number of nitrogens with zero attached hydrogens (tertiary/aromatic N) is 3. The summed E-state index contributed by atoms with van der Waals surface area (Å²) >= 11 is 0. The summed E-state index contributed by atoms with van der Waals surface area (Å²) in [5.41, 5.74) is 3.10. The molecule has 14 nitrogen and oxygen atoms in total. The van der Waals surface area contributed by atoms with E-state index in [0.717, 1.165) is 9.13 Å². The zero-order chi connectivity index (χ0) is 20.1. The van der Waals surface area contributed by atoms with Crippen LogP contribution in [0, 0.1) is 0 Å². The molecule has 3 heterocycles. The number of nitrogen functional groups attached to an aromatic ring is 1. The third-order valence-electron chi connectivity index (χ3n) is 4.27. The first kappa shape index (κ1) is 19.4. The van der Waals surface area contributed by atoms with Crippen LogP contribution in [0.1, 0.15) is 12.6 Å². The van der Waals surface area contributed by atoms with Crippen molar-refractivity contribution in [3.63, 3.8) is 0 Å². The van der Waals surface area contributed by atoms with Gasteiger partial charge in [-0.15, -0.1) is 0 Å². The van der Waals surface area contributed by atoms with Crippen LogP contribution in [-0.2, 0) is 11.3 Å². The standard InChI is InChI=1S/C13H19N5O9/c14-11-15-8-5(9(22)16-11)17(2-1-13(24,25)26)12(23)18(8)10-7(21)6(20)4(3-19)27-10/h4,6-7,10,19-21,24-26H,1-3H2,(H3,14,15,16,22). The number of nitrogens with two attached hydrogens (primary N) is 1. The highest BCUT2D eigenvalue weighted by Crippen LogP contribution is 2.30. The van der Waals surface area contributed by atoms with E-state index in [1.54, 1.807) is 0 Å². The normalized spacial score (nSPS) is 26.1. The summed E-state index contributed by atoms with van der Waals surface area (Å²) < 4.78 is 6.85. The van der Waals surface area contributed by atoms with Crippen LogP contribution in [0.25, 0.3) is 11.2 Å². The fourth-order valence-corrected chi connectivity index (χ4v) is 2.99. The largest absolute Gasteiger partial charge is 0.394 e. The van der Waals surface area contributed by atoms with E-state index in [0.29, 0.717) is 0 Å². The molecule has 0 saturated carbocycles. The molecule has 0 amide bonds. The minimum absolute atomic E-state index is 0.296. The molecule has 0 radical (unpaired) electrons. The van der Waals surface area contributed by atoms with E-state index in [4.69, 9.17) is 25.8 Å². The zero-order valence-electron chi connectivity index (χ0n) is 13.8. The Hall–Kier alpha value is -2.33. The molecule has 27 heavy (non-hydrogen) atoms. The van der Waals surface area contributed by atoms with Crippen LogP contribution in [0.5, 0.6) is 0 Å². The van der Waals surface area contributed by atoms with E-state index in [2.05, 4.69) is 9.97 Å². The molecule has 1 fully saturated rings. The number of aryl methyl sites for hydroxylation is 1. The Balaban J connectivity index is 2.20. The van der Waals surface area contributed by atoms with Gasteiger partial charge in [-0.05, 0) is 0 Å². The molecule has 2 aromatic rings.